The Hall–Kier alpha value is -3.83. The number of carbonyl (C=O) groups excluding carboxylic acids is 1. The van der Waals surface area contributed by atoms with E-state index in [9.17, 15) is 4.79 Å². The summed E-state index contributed by atoms with van der Waals surface area (Å²) >= 11 is 0. The standard InChI is InChI=1S/C40H50O9Si/c1-8-31(49-50(39(2,3)4,29-15-11-9-12-16-29)30-17-13-10-14-18-30)34-25-35-32(47-40(5,6)48-35)23-24-33(44-34)37-36(45-38(41)46-37)26-43-28-21-19-27(42-7)20-22-28/h9-22,24,31-32,34-37H,8,23,25-26H2,1-7H3/b33-24-/t31-,32-,34-,35+,36-,37+/m0/s1. The number of fused-ring (bicyclic) bond motifs is 1. The zero-order chi connectivity index (χ0) is 35.5. The molecule has 0 aliphatic carbocycles. The predicted molar refractivity (Wildman–Crippen MR) is 192 cm³/mol. The van der Waals surface area contributed by atoms with Crippen molar-refractivity contribution >= 4 is 24.8 Å². The zero-order valence-corrected chi connectivity index (χ0v) is 31.1. The van der Waals surface area contributed by atoms with E-state index in [2.05, 4.69) is 76.2 Å². The summed E-state index contributed by atoms with van der Waals surface area (Å²) in [6.07, 6.45) is 0.109. The van der Waals surface area contributed by atoms with Crippen LogP contribution in [0.3, 0.4) is 0 Å². The van der Waals surface area contributed by atoms with E-state index in [1.807, 2.05) is 44.2 Å². The van der Waals surface area contributed by atoms with Crippen LogP contribution >= 0.6 is 0 Å². The Bertz CT molecular complexity index is 1560. The van der Waals surface area contributed by atoms with Crippen molar-refractivity contribution in [3.8, 4) is 11.5 Å². The Labute approximate surface area is 296 Å². The number of cyclic esters (lactones) is 2. The van der Waals surface area contributed by atoms with Gasteiger partial charge in [0, 0.05) is 6.42 Å². The van der Waals surface area contributed by atoms with Crippen molar-refractivity contribution in [2.24, 2.45) is 0 Å². The van der Waals surface area contributed by atoms with Gasteiger partial charge in [0.1, 0.15) is 30.0 Å². The fourth-order valence-electron chi connectivity index (χ4n) is 7.40. The highest BCUT2D eigenvalue weighted by molar-refractivity contribution is 6.99. The van der Waals surface area contributed by atoms with Gasteiger partial charge >= 0.3 is 6.16 Å². The van der Waals surface area contributed by atoms with Gasteiger partial charge in [-0.2, -0.15) is 0 Å². The van der Waals surface area contributed by atoms with Crippen LogP contribution in [0.25, 0.3) is 0 Å². The molecule has 6 rings (SSSR count). The fraction of sp³-hybridized carbons (Fsp3) is 0.475. The average molecular weight is 703 g/mol. The van der Waals surface area contributed by atoms with Crippen molar-refractivity contribution in [2.45, 2.75) is 108 Å². The van der Waals surface area contributed by atoms with E-state index >= 15 is 0 Å². The summed E-state index contributed by atoms with van der Waals surface area (Å²) in [6.45, 7) is 12.9. The fourth-order valence-corrected chi connectivity index (χ4v) is 12.2. The second-order valence-corrected chi connectivity index (χ2v) is 18.9. The van der Waals surface area contributed by atoms with E-state index in [0.29, 0.717) is 30.8 Å². The highest BCUT2D eigenvalue weighted by atomic mass is 28.4. The van der Waals surface area contributed by atoms with Crippen LogP contribution in [0.4, 0.5) is 4.79 Å². The lowest BCUT2D eigenvalue weighted by molar-refractivity contribution is -0.149. The van der Waals surface area contributed by atoms with Crippen LogP contribution in [0.2, 0.25) is 5.04 Å². The molecule has 50 heavy (non-hydrogen) atoms. The number of hydrogen-bond donors (Lipinski definition) is 0. The Morgan fingerprint density at radius 3 is 2.02 bits per heavy atom. The van der Waals surface area contributed by atoms with Gasteiger partial charge < -0.3 is 37.6 Å². The van der Waals surface area contributed by atoms with Crippen molar-refractivity contribution in [3.05, 3.63) is 96.8 Å². The molecule has 9 nitrogen and oxygen atoms in total. The molecule has 2 fully saturated rings. The largest absolute Gasteiger partial charge is 0.509 e. The number of rotatable bonds is 11. The summed E-state index contributed by atoms with van der Waals surface area (Å²) in [7, 11) is -1.34. The van der Waals surface area contributed by atoms with Crippen molar-refractivity contribution in [3.63, 3.8) is 0 Å². The number of carbonyl (C=O) groups is 1. The lowest BCUT2D eigenvalue weighted by Gasteiger charge is -2.46. The third-order valence-corrected chi connectivity index (χ3v) is 14.8. The summed E-state index contributed by atoms with van der Waals surface area (Å²) in [5.41, 5.74) is 0. The third kappa shape index (κ3) is 7.58. The van der Waals surface area contributed by atoms with Gasteiger partial charge in [-0.25, -0.2) is 4.79 Å². The van der Waals surface area contributed by atoms with Crippen molar-refractivity contribution in [2.75, 3.05) is 13.7 Å². The monoisotopic (exact) mass is 702 g/mol. The van der Waals surface area contributed by atoms with Crippen LogP contribution in [0.15, 0.2) is 96.8 Å². The maximum Gasteiger partial charge on any atom is 0.509 e. The lowest BCUT2D eigenvalue weighted by atomic mass is 9.97. The van der Waals surface area contributed by atoms with Gasteiger partial charge in [0.2, 0.25) is 6.10 Å². The predicted octanol–water partition coefficient (Wildman–Crippen LogP) is 6.92. The Balaban J connectivity index is 1.35. The highest BCUT2D eigenvalue weighted by Crippen LogP contribution is 2.41. The molecule has 2 saturated heterocycles. The lowest BCUT2D eigenvalue weighted by Crippen LogP contribution is -2.68. The molecule has 0 amide bonds. The molecule has 0 N–H and O–H groups in total. The van der Waals surface area contributed by atoms with Crippen LogP contribution in [0.5, 0.6) is 11.5 Å². The molecule has 3 aliphatic rings. The maximum atomic E-state index is 12.6. The van der Waals surface area contributed by atoms with Gasteiger partial charge in [0.05, 0.1) is 25.4 Å². The van der Waals surface area contributed by atoms with E-state index < -0.39 is 38.6 Å². The molecular weight excluding hydrogens is 653 g/mol. The summed E-state index contributed by atoms with van der Waals surface area (Å²) in [5, 5.41) is 2.14. The Morgan fingerprint density at radius 2 is 1.44 bits per heavy atom. The first kappa shape index (κ1) is 36.0. The van der Waals surface area contributed by atoms with E-state index in [4.69, 9.17) is 37.6 Å². The zero-order valence-electron chi connectivity index (χ0n) is 30.1. The Morgan fingerprint density at radius 1 is 0.840 bits per heavy atom. The number of benzene rings is 3. The minimum atomic E-state index is -2.95. The normalized spacial score (nSPS) is 26.6. The molecule has 0 spiro atoms. The average Bonchev–Trinajstić information content (AvgIpc) is 3.61. The minimum Gasteiger partial charge on any atom is -0.497 e. The first-order valence-corrected chi connectivity index (χ1v) is 19.5. The highest BCUT2D eigenvalue weighted by Gasteiger charge is 2.54. The van der Waals surface area contributed by atoms with Crippen LogP contribution in [-0.2, 0) is 28.1 Å². The van der Waals surface area contributed by atoms with Gasteiger partial charge in [0.15, 0.2) is 11.9 Å². The summed E-state index contributed by atoms with van der Waals surface area (Å²) in [6, 6.07) is 28.4. The number of ether oxygens (including phenoxy) is 7. The molecule has 3 aromatic rings. The second-order valence-electron chi connectivity index (χ2n) is 14.6. The SMILES string of the molecule is CC[C@H](O[Si](c1ccccc1)(c1ccccc1)C(C)(C)C)[C@@H]1C[C@H]2OC(C)(C)O[C@H]2C/C=C(/[C@H]2OC(=O)O[C@H]2COc2ccc(OC)cc2)O1. The first-order chi connectivity index (χ1) is 23.9. The molecule has 6 atom stereocenters. The molecule has 3 heterocycles. The summed E-state index contributed by atoms with van der Waals surface area (Å²) < 4.78 is 50.2. The number of methoxy groups -OCH3 is 1. The topological polar surface area (TPSA) is 90.9 Å². The molecule has 3 aliphatic heterocycles. The molecule has 0 saturated carbocycles. The van der Waals surface area contributed by atoms with Gasteiger partial charge in [-0.1, -0.05) is 88.4 Å². The molecule has 0 bridgehead atoms. The van der Waals surface area contributed by atoms with Crippen molar-refractivity contribution < 1.29 is 42.4 Å². The molecule has 3 aromatic carbocycles. The Kier molecular flexibility index (Phi) is 10.6. The maximum absolute atomic E-state index is 12.6. The summed E-state index contributed by atoms with van der Waals surface area (Å²) in [5.74, 6) is 1.08. The van der Waals surface area contributed by atoms with Crippen LogP contribution in [0.1, 0.15) is 60.8 Å². The quantitative estimate of drug-likeness (QED) is 0.156. The van der Waals surface area contributed by atoms with Crippen LogP contribution in [-0.4, -0.2) is 70.6 Å². The van der Waals surface area contributed by atoms with E-state index in [1.165, 1.54) is 10.4 Å². The van der Waals surface area contributed by atoms with E-state index in [-0.39, 0.29) is 30.0 Å². The van der Waals surface area contributed by atoms with Gasteiger partial charge in [0.25, 0.3) is 8.32 Å². The molecule has 10 heteroatoms. The first-order valence-electron chi connectivity index (χ1n) is 17.6. The molecule has 0 radical (unpaired) electrons. The minimum absolute atomic E-state index is 0.0720. The molecule has 0 aromatic heterocycles. The summed E-state index contributed by atoms with van der Waals surface area (Å²) in [4.78, 5) is 12.6. The smallest absolute Gasteiger partial charge is 0.497 e. The molecule has 0 unspecified atom stereocenters. The third-order valence-electron chi connectivity index (χ3n) is 9.71. The van der Waals surface area contributed by atoms with E-state index in [1.54, 1.807) is 19.2 Å². The van der Waals surface area contributed by atoms with E-state index in [0.717, 1.165) is 5.75 Å². The molecule has 268 valence electrons. The van der Waals surface area contributed by atoms with Gasteiger partial charge in [-0.15, -0.1) is 0 Å². The van der Waals surface area contributed by atoms with Crippen LogP contribution in [0, 0.1) is 0 Å². The number of hydrogen-bond acceptors (Lipinski definition) is 9. The van der Waals surface area contributed by atoms with Gasteiger partial charge in [-0.05, 0) is 72.4 Å². The van der Waals surface area contributed by atoms with Crippen molar-refractivity contribution in [1.82, 2.24) is 0 Å². The second kappa shape index (κ2) is 14.8. The van der Waals surface area contributed by atoms with Crippen molar-refractivity contribution in [1.29, 1.82) is 0 Å². The van der Waals surface area contributed by atoms with Gasteiger partial charge in [-0.3, -0.25) is 0 Å². The molecular formula is C40H50O9Si. The van der Waals surface area contributed by atoms with Crippen LogP contribution < -0.4 is 19.8 Å².